The van der Waals surface area contributed by atoms with Crippen LogP contribution < -0.4 is 5.32 Å². The molecule has 0 unspecified atom stereocenters. The maximum atomic E-state index is 13.3. The molecule has 0 aliphatic rings. The van der Waals surface area contributed by atoms with Gasteiger partial charge in [-0.1, -0.05) is 24.8 Å². The van der Waals surface area contributed by atoms with Crippen molar-refractivity contribution in [3.05, 3.63) is 35.1 Å². The maximum absolute atomic E-state index is 13.3. The van der Waals surface area contributed by atoms with Crippen molar-refractivity contribution < 1.29 is 14.3 Å². The van der Waals surface area contributed by atoms with Gasteiger partial charge in [0.1, 0.15) is 12.4 Å². The van der Waals surface area contributed by atoms with Crippen LogP contribution in [0, 0.1) is 17.7 Å². The van der Waals surface area contributed by atoms with Crippen molar-refractivity contribution in [2.24, 2.45) is 0 Å². The Morgan fingerprint density at radius 2 is 2.25 bits per heavy atom. The molecule has 20 heavy (non-hydrogen) atoms. The zero-order chi connectivity index (χ0) is 15.0. The normalized spacial score (nSPS) is 10.1. The van der Waals surface area contributed by atoms with Crippen LogP contribution in [-0.4, -0.2) is 42.7 Å². The largest absolute Gasteiger partial charge is 0.384 e. The Kier molecular flexibility index (Phi) is 6.71. The number of carbonyl (C=O) groups excluding carboxylic acids is 1. The zero-order valence-corrected chi connectivity index (χ0v) is 11.7. The van der Waals surface area contributed by atoms with Gasteiger partial charge in [-0.25, -0.2) is 4.39 Å². The highest BCUT2D eigenvalue weighted by atomic mass is 19.1. The fourth-order valence-corrected chi connectivity index (χ4v) is 1.74. The van der Waals surface area contributed by atoms with E-state index in [-0.39, 0.29) is 24.9 Å². The maximum Gasteiger partial charge on any atom is 0.233 e. The Morgan fingerprint density at radius 3 is 2.85 bits per heavy atom. The van der Waals surface area contributed by atoms with E-state index in [4.69, 9.17) is 5.11 Å². The van der Waals surface area contributed by atoms with Gasteiger partial charge in [-0.15, -0.1) is 0 Å². The molecule has 0 fully saturated rings. The highest BCUT2D eigenvalue weighted by Crippen LogP contribution is 2.13. The third-order valence-corrected chi connectivity index (χ3v) is 2.86. The van der Waals surface area contributed by atoms with Crippen molar-refractivity contribution in [2.45, 2.75) is 13.5 Å². The molecule has 0 aromatic heterocycles. The Hall–Kier alpha value is -1.90. The SMILES string of the molecule is CCN(CC(=O)NC)Cc1ccc(F)cc1C#CCO. The quantitative estimate of drug-likeness (QED) is 0.781. The lowest BCUT2D eigenvalue weighted by Crippen LogP contribution is -2.35. The van der Waals surface area contributed by atoms with Gasteiger partial charge in [0, 0.05) is 19.2 Å². The Morgan fingerprint density at radius 1 is 1.50 bits per heavy atom. The number of halogens is 1. The molecule has 0 radical (unpaired) electrons. The summed E-state index contributed by atoms with van der Waals surface area (Å²) in [6, 6.07) is 4.36. The summed E-state index contributed by atoms with van der Waals surface area (Å²) in [4.78, 5) is 13.3. The standard InChI is InChI=1S/C15H19FN2O2/c1-3-18(11-15(20)17-2)10-13-6-7-14(16)9-12(13)5-4-8-19/h6-7,9,19H,3,8,10-11H2,1-2H3,(H,17,20). The number of nitrogens with zero attached hydrogens (tertiary/aromatic N) is 1. The molecule has 0 aliphatic carbocycles. The highest BCUT2D eigenvalue weighted by Gasteiger charge is 2.11. The molecule has 0 saturated carbocycles. The van der Waals surface area contributed by atoms with E-state index < -0.39 is 0 Å². The van der Waals surface area contributed by atoms with E-state index in [0.29, 0.717) is 18.7 Å². The lowest BCUT2D eigenvalue weighted by molar-refractivity contribution is -0.121. The third-order valence-electron chi connectivity index (χ3n) is 2.86. The Labute approximate surface area is 118 Å². The summed E-state index contributed by atoms with van der Waals surface area (Å²) in [6.45, 7) is 3.14. The minimum absolute atomic E-state index is 0.0723. The van der Waals surface area contributed by atoms with E-state index in [9.17, 15) is 9.18 Å². The second-order valence-corrected chi connectivity index (χ2v) is 4.24. The monoisotopic (exact) mass is 278 g/mol. The molecule has 0 heterocycles. The molecule has 5 heteroatoms. The van der Waals surface area contributed by atoms with E-state index in [1.165, 1.54) is 12.1 Å². The summed E-state index contributed by atoms with van der Waals surface area (Å²) in [5.74, 6) is 4.81. The first-order chi connectivity index (χ1) is 9.60. The average Bonchev–Trinajstić information content (AvgIpc) is 2.46. The van der Waals surface area contributed by atoms with Crippen molar-refractivity contribution in [3.63, 3.8) is 0 Å². The molecule has 2 N–H and O–H groups in total. The predicted molar refractivity (Wildman–Crippen MR) is 75.4 cm³/mol. The number of aliphatic hydroxyl groups excluding tert-OH is 1. The minimum Gasteiger partial charge on any atom is -0.384 e. The molecule has 0 bridgehead atoms. The fraction of sp³-hybridized carbons (Fsp3) is 0.400. The molecule has 1 rings (SSSR count). The topological polar surface area (TPSA) is 52.6 Å². The van der Waals surface area contributed by atoms with Gasteiger partial charge in [0.15, 0.2) is 0 Å². The van der Waals surface area contributed by atoms with Crippen LogP contribution in [0.1, 0.15) is 18.1 Å². The van der Waals surface area contributed by atoms with Crippen LogP contribution in [0.4, 0.5) is 4.39 Å². The highest BCUT2D eigenvalue weighted by molar-refractivity contribution is 5.77. The van der Waals surface area contributed by atoms with Crippen molar-refractivity contribution in [1.29, 1.82) is 0 Å². The van der Waals surface area contributed by atoms with Gasteiger partial charge in [-0.05, 0) is 24.2 Å². The van der Waals surface area contributed by atoms with Crippen molar-refractivity contribution in [2.75, 3.05) is 26.7 Å². The van der Waals surface area contributed by atoms with Crippen LogP contribution in [-0.2, 0) is 11.3 Å². The molecule has 4 nitrogen and oxygen atoms in total. The van der Waals surface area contributed by atoms with E-state index in [2.05, 4.69) is 17.2 Å². The van der Waals surface area contributed by atoms with Crippen LogP contribution in [0.5, 0.6) is 0 Å². The van der Waals surface area contributed by atoms with Gasteiger partial charge in [-0.3, -0.25) is 9.69 Å². The van der Waals surface area contributed by atoms with E-state index in [1.54, 1.807) is 13.1 Å². The van der Waals surface area contributed by atoms with Crippen LogP contribution >= 0.6 is 0 Å². The zero-order valence-electron chi connectivity index (χ0n) is 11.7. The number of carbonyl (C=O) groups is 1. The fourth-order valence-electron chi connectivity index (χ4n) is 1.74. The van der Waals surface area contributed by atoms with Gasteiger partial charge in [0.25, 0.3) is 0 Å². The lowest BCUT2D eigenvalue weighted by Gasteiger charge is -2.20. The number of likely N-dealkylation sites (N-methyl/N-ethyl adjacent to an activating group) is 2. The molecule has 0 atom stereocenters. The van der Waals surface area contributed by atoms with E-state index in [1.807, 2.05) is 11.8 Å². The molecule has 1 aromatic carbocycles. The first kappa shape index (κ1) is 16.2. The number of hydrogen-bond donors (Lipinski definition) is 2. The van der Waals surface area contributed by atoms with Crippen molar-refractivity contribution in [1.82, 2.24) is 10.2 Å². The number of nitrogens with one attached hydrogen (secondary N) is 1. The second-order valence-electron chi connectivity index (χ2n) is 4.24. The van der Waals surface area contributed by atoms with Gasteiger partial charge in [0.05, 0.1) is 6.54 Å². The number of benzene rings is 1. The predicted octanol–water partition coefficient (Wildman–Crippen LogP) is 0.737. The number of amides is 1. The number of rotatable bonds is 5. The minimum atomic E-state index is -0.370. The van der Waals surface area contributed by atoms with Gasteiger partial charge >= 0.3 is 0 Å². The number of aliphatic hydroxyl groups is 1. The first-order valence-corrected chi connectivity index (χ1v) is 6.41. The molecule has 108 valence electrons. The van der Waals surface area contributed by atoms with E-state index >= 15 is 0 Å². The molecule has 0 saturated heterocycles. The Bertz CT molecular complexity index is 520. The Balaban J connectivity index is 2.91. The average molecular weight is 278 g/mol. The summed E-state index contributed by atoms with van der Waals surface area (Å²) < 4.78 is 13.3. The van der Waals surface area contributed by atoms with Gasteiger partial charge in [-0.2, -0.15) is 0 Å². The van der Waals surface area contributed by atoms with Crippen LogP contribution in [0.2, 0.25) is 0 Å². The molecular formula is C15H19FN2O2. The molecule has 0 spiro atoms. The molecule has 1 amide bonds. The summed E-state index contributed by atoms with van der Waals surface area (Å²) in [6.07, 6.45) is 0. The molecule has 1 aromatic rings. The smallest absolute Gasteiger partial charge is 0.233 e. The summed E-state index contributed by atoms with van der Waals surface area (Å²) in [7, 11) is 1.59. The van der Waals surface area contributed by atoms with Crippen LogP contribution in [0.3, 0.4) is 0 Å². The molecular weight excluding hydrogens is 259 g/mol. The van der Waals surface area contributed by atoms with Crippen molar-refractivity contribution >= 4 is 5.91 Å². The van der Waals surface area contributed by atoms with Gasteiger partial charge in [0.2, 0.25) is 5.91 Å². The number of hydrogen-bond acceptors (Lipinski definition) is 3. The first-order valence-electron chi connectivity index (χ1n) is 6.41. The van der Waals surface area contributed by atoms with E-state index in [0.717, 1.165) is 5.56 Å². The molecule has 0 aliphatic heterocycles. The lowest BCUT2D eigenvalue weighted by atomic mass is 10.1. The summed E-state index contributed by atoms with van der Waals surface area (Å²) in [5, 5.41) is 11.3. The summed E-state index contributed by atoms with van der Waals surface area (Å²) in [5.41, 5.74) is 1.37. The van der Waals surface area contributed by atoms with Crippen molar-refractivity contribution in [3.8, 4) is 11.8 Å². The van der Waals surface area contributed by atoms with Crippen LogP contribution in [0.25, 0.3) is 0 Å². The third kappa shape index (κ3) is 5.00. The summed E-state index contributed by atoms with van der Waals surface area (Å²) >= 11 is 0. The second kappa shape index (κ2) is 8.31. The van der Waals surface area contributed by atoms with Crippen LogP contribution in [0.15, 0.2) is 18.2 Å². The van der Waals surface area contributed by atoms with Gasteiger partial charge < -0.3 is 10.4 Å².